The van der Waals surface area contributed by atoms with Crippen LogP contribution in [0.1, 0.15) is 16.8 Å². The van der Waals surface area contributed by atoms with Gasteiger partial charge in [0, 0.05) is 23.7 Å². The zero-order valence-electron chi connectivity index (χ0n) is 17.8. The SMILES string of the molecule is COc1cc(CSc2nc(CC(=O)NCCc3ccccc3OC)cs2)cc(OC)c1. The Balaban J connectivity index is 1.47. The molecule has 1 aromatic heterocycles. The highest BCUT2D eigenvalue weighted by atomic mass is 32.2. The molecule has 1 N–H and O–H groups in total. The zero-order chi connectivity index (χ0) is 22.1. The first-order chi connectivity index (χ1) is 15.1. The van der Waals surface area contributed by atoms with Crippen LogP contribution < -0.4 is 19.5 Å². The molecular formula is C23H26N2O4S2. The highest BCUT2D eigenvalue weighted by Gasteiger charge is 2.10. The van der Waals surface area contributed by atoms with E-state index in [4.69, 9.17) is 14.2 Å². The van der Waals surface area contributed by atoms with E-state index in [9.17, 15) is 4.79 Å². The molecule has 0 aliphatic heterocycles. The molecule has 3 rings (SSSR count). The van der Waals surface area contributed by atoms with Gasteiger partial charge in [0.1, 0.15) is 21.6 Å². The van der Waals surface area contributed by atoms with Crippen molar-refractivity contribution in [2.75, 3.05) is 27.9 Å². The second-order valence-corrected chi connectivity index (χ2v) is 8.78. The quantitative estimate of drug-likeness (QED) is 0.431. The van der Waals surface area contributed by atoms with Crippen molar-refractivity contribution in [1.29, 1.82) is 0 Å². The van der Waals surface area contributed by atoms with Crippen molar-refractivity contribution in [2.24, 2.45) is 0 Å². The predicted octanol–water partition coefficient (Wildman–Crippen LogP) is 4.36. The monoisotopic (exact) mass is 458 g/mol. The number of rotatable bonds is 11. The molecule has 3 aromatic rings. The first-order valence-electron chi connectivity index (χ1n) is 9.79. The Morgan fingerprint density at radius 2 is 1.81 bits per heavy atom. The van der Waals surface area contributed by atoms with E-state index in [1.807, 2.05) is 47.8 Å². The van der Waals surface area contributed by atoms with Gasteiger partial charge in [0.15, 0.2) is 0 Å². The smallest absolute Gasteiger partial charge is 0.226 e. The Kier molecular flexibility index (Phi) is 8.61. The van der Waals surface area contributed by atoms with Crippen LogP contribution in [0.3, 0.4) is 0 Å². The summed E-state index contributed by atoms with van der Waals surface area (Å²) in [5.41, 5.74) is 2.95. The largest absolute Gasteiger partial charge is 0.497 e. The lowest BCUT2D eigenvalue weighted by Crippen LogP contribution is -2.27. The van der Waals surface area contributed by atoms with Gasteiger partial charge in [-0.15, -0.1) is 11.3 Å². The van der Waals surface area contributed by atoms with Crippen molar-refractivity contribution in [3.63, 3.8) is 0 Å². The number of thiazole rings is 1. The average molecular weight is 459 g/mol. The Morgan fingerprint density at radius 1 is 1.06 bits per heavy atom. The third-order valence-electron chi connectivity index (χ3n) is 4.55. The summed E-state index contributed by atoms with van der Waals surface area (Å²) in [5.74, 6) is 3.08. The lowest BCUT2D eigenvalue weighted by Gasteiger charge is -2.08. The first-order valence-corrected chi connectivity index (χ1v) is 11.7. The topological polar surface area (TPSA) is 69.7 Å². The van der Waals surface area contributed by atoms with Crippen LogP contribution in [0.2, 0.25) is 0 Å². The van der Waals surface area contributed by atoms with Crippen LogP contribution in [-0.2, 0) is 23.4 Å². The number of ether oxygens (including phenoxy) is 3. The van der Waals surface area contributed by atoms with Crippen molar-refractivity contribution >= 4 is 29.0 Å². The van der Waals surface area contributed by atoms with Gasteiger partial charge in [0.2, 0.25) is 5.91 Å². The summed E-state index contributed by atoms with van der Waals surface area (Å²) in [5, 5.41) is 4.90. The predicted molar refractivity (Wildman–Crippen MR) is 125 cm³/mol. The molecule has 0 saturated carbocycles. The van der Waals surface area contributed by atoms with E-state index in [0.29, 0.717) is 6.54 Å². The Morgan fingerprint density at radius 3 is 2.52 bits per heavy atom. The van der Waals surface area contributed by atoms with Crippen molar-refractivity contribution in [3.8, 4) is 17.2 Å². The lowest BCUT2D eigenvalue weighted by atomic mass is 10.1. The molecule has 0 atom stereocenters. The Labute approximate surface area is 191 Å². The fraction of sp³-hybridized carbons (Fsp3) is 0.304. The summed E-state index contributed by atoms with van der Waals surface area (Å²) < 4.78 is 16.9. The summed E-state index contributed by atoms with van der Waals surface area (Å²) in [6, 6.07) is 13.7. The van der Waals surface area contributed by atoms with E-state index in [1.165, 1.54) is 0 Å². The fourth-order valence-corrected chi connectivity index (χ4v) is 4.78. The normalized spacial score (nSPS) is 10.5. The number of thioether (sulfide) groups is 1. The summed E-state index contributed by atoms with van der Waals surface area (Å²) in [6.45, 7) is 0.558. The minimum atomic E-state index is -0.0331. The summed E-state index contributed by atoms with van der Waals surface area (Å²) in [6.07, 6.45) is 0.994. The van der Waals surface area contributed by atoms with Crippen LogP contribution in [0.25, 0.3) is 0 Å². The minimum absolute atomic E-state index is 0.0331. The third kappa shape index (κ3) is 6.90. The van der Waals surface area contributed by atoms with Gasteiger partial charge < -0.3 is 19.5 Å². The van der Waals surface area contributed by atoms with E-state index in [2.05, 4.69) is 10.3 Å². The molecule has 8 heteroatoms. The first kappa shape index (κ1) is 23.0. The molecule has 0 fully saturated rings. The molecule has 1 heterocycles. The molecule has 0 saturated heterocycles. The number of carbonyl (C=O) groups excluding carboxylic acids is 1. The Hall–Kier alpha value is -2.71. The van der Waals surface area contributed by atoms with Crippen LogP contribution in [0.4, 0.5) is 0 Å². The van der Waals surface area contributed by atoms with Crippen LogP contribution in [0, 0.1) is 0 Å². The number of aromatic nitrogens is 1. The molecule has 6 nitrogen and oxygen atoms in total. The number of para-hydroxylation sites is 1. The third-order valence-corrected chi connectivity index (χ3v) is 6.70. The zero-order valence-corrected chi connectivity index (χ0v) is 19.5. The average Bonchev–Trinajstić information content (AvgIpc) is 3.24. The van der Waals surface area contributed by atoms with Gasteiger partial charge in [0.05, 0.1) is 33.4 Å². The number of hydrogen-bond acceptors (Lipinski definition) is 7. The van der Waals surface area contributed by atoms with Gasteiger partial charge in [-0.3, -0.25) is 4.79 Å². The molecule has 1 amide bonds. The number of hydrogen-bond donors (Lipinski definition) is 1. The highest BCUT2D eigenvalue weighted by Crippen LogP contribution is 2.30. The molecule has 0 radical (unpaired) electrons. The Bertz CT molecular complexity index is 984. The molecule has 0 bridgehead atoms. The number of carbonyl (C=O) groups is 1. The fourth-order valence-electron chi connectivity index (χ4n) is 3.00. The van der Waals surface area contributed by atoms with Gasteiger partial charge in [-0.1, -0.05) is 30.0 Å². The maximum absolute atomic E-state index is 12.3. The van der Waals surface area contributed by atoms with E-state index < -0.39 is 0 Å². The van der Waals surface area contributed by atoms with Crippen LogP contribution in [-0.4, -0.2) is 38.8 Å². The number of methoxy groups -OCH3 is 3. The van der Waals surface area contributed by atoms with Gasteiger partial charge in [-0.2, -0.15) is 0 Å². The second-order valence-electron chi connectivity index (χ2n) is 6.70. The number of nitrogens with zero attached hydrogens (tertiary/aromatic N) is 1. The molecule has 31 heavy (non-hydrogen) atoms. The molecular weight excluding hydrogens is 432 g/mol. The maximum Gasteiger partial charge on any atom is 0.226 e. The van der Waals surface area contributed by atoms with Gasteiger partial charge >= 0.3 is 0 Å². The van der Waals surface area contributed by atoms with E-state index in [1.54, 1.807) is 44.4 Å². The molecule has 164 valence electrons. The summed E-state index contributed by atoms with van der Waals surface area (Å²) >= 11 is 3.18. The van der Waals surface area contributed by atoms with Crippen LogP contribution in [0.5, 0.6) is 17.2 Å². The summed E-state index contributed by atoms with van der Waals surface area (Å²) in [7, 11) is 4.93. The van der Waals surface area contributed by atoms with E-state index >= 15 is 0 Å². The molecule has 0 aliphatic rings. The van der Waals surface area contributed by atoms with Crippen molar-refractivity contribution in [2.45, 2.75) is 22.9 Å². The number of nitrogens with one attached hydrogen (secondary N) is 1. The molecule has 0 aliphatic carbocycles. The van der Waals surface area contributed by atoms with Crippen molar-refractivity contribution < 1.29 is 19.0 Å². The minimum Gasteiger partial charge on any atom is -0.497 e. The summed E-state index contributed by atoms with van der Waals surface area (Å²) in [4.78, 5) is 16.9. The second kappa shape index (κ2) is 11.6. The van der Waals surface area contributed by atoms with Gasteiger partial charge in [-0.25, -0.2) is 4.98 Å². The molecule has 0 spiro atoms. The highest BCUT2D eigenvalue weighted by molar-refractivity contribution is 8.00. The maximum atomic E-state index is 12.3. The van der Waals surface area contributed by atoms with E-state index in [-0.39, 0.29) is 12.3 Å². The standard InChI is InChI=1S/C23H26N2O4S2/c1-27-19-10-16(11-20(13-19)28-2)14-30-23-25-18(15-31-23)12-22(26)24-9-8-17-6-4-5-7-21(17)29-3/h4-7,10-11,13,15H,8-9,12,14H2,1-3H3,(H,24,26). The molecule has 0 unspecified atom stereocenters. The van der Waals surface area contributed by atoms with Crippen LogP contribution >= 0.6 is 23.1 Å². The van der Waals surface area contributed by atoms with Crippen molar-refractivity contribution in [3.05, 3.63) is 64.7 Å². The lowest BCUT2D eigenvalue weighted by molar-refractivity contribution is -0.120. The molecule has 2 aromatic carbocycles. The number of amides is 1. The van der Waals surface area contributed by atoms with E-state index in [0.717, 1.165) is 50.6 Å². The van der Waals surface area contributed by atoms with Gasteiger partial charge in [0.25, 0.3) is 0 Å². The van der Waals surface area contributed by atoms with Crippen LogP contribution in [0.15, 0.2) is 52.2 Å². The number of benzene rings is 2. The van der Waals surface area contributed by atoms with Crippen molar-refractivity contribution in [1.82, 2.24) is 10.3 Å². The van der Waals surface area contributed by atoms with Gasteiger partial charge in [-0.05, 0) is 35.7 Å².